The zero-order valence-corrected chi connectivity index (χ0v) is 9.57. The van der Waals surface area contributed by atoms with E-state index in [1.54, 1.807) is 0 Å². The van der Waals surface area contributed by atoms with Crippen LogP contribution in [-0.2, 0) is 10.1 Å². The summed E-state index contributed by atoms with van der Waals surface area (Å²) >= 11 is 0. The third-order valence-electron chi connectivity index (χ3n) is 2.57. The van der Waals surface area contributed by atoms with E-state index in [0.717, 1.165) is 26.2 Å². The van der Waals surface area contributed by atoms with Gasteiger partial charge in [0, 0.05) is 32.7 Å². The van der Waals surface area contributed by atoms with Gasteiger partial charge in [0.15, 0.2) is 0 Å². The van der Waals surface area contributed by atoms with Crippen molar-refractivity contribution in [2.45, 2.75) is 18.3 Å². The number of hydrogen-bond donors (Lipinski definition) is 3. The molecule has 1 fully saturated rings. The molecule has 2 unspecified atom stereocenters. The molecule has 1 aliphatic rings. The summed E-state index contributed by atoms with van der Waals surface area (Å²) in [4.78, 5) is 1.92. The number of nitrogens with zero attached hydrogens (tertiary/aromatic N) is 1. The second-order valence-electron chi connectivity index (χ2n) is 3.84. The summed E-state index contributed by atoms with van der Waals surface area (Å²) in [6.07, 6.45) is -1.06. The molecule has 0 bridgehead atoms. The van der Waals surface area contributed by atoms with Gasteiger partial charge in [0.1, 0.15) is 5.25 Å². The van der Waals surface area contributed by atoms with Crippen LogP contribution in [0.2, 0.25) is 0 Å². The van der Waals surface area contributed by atoms with E-state index in [1.165, 1.54) is 6.92 Å². The van der Waals surface area contributed by atoms with Crippen LogP contribution < -0.4 is 5.32 Å². The molecule has 2 atom stereocenters. The summed E-state index contributed by atoms with van der Waals surface area (Å²) in [5.74, 6) is 0. The molecule has 0 aromatic heterocycles. The first kappa shape index (κ1) is 17.4. The number of aliphatic hydroxyl groups is 1. The number of hydrogen-bond acceptors (Lipinski definition) is 5. The second-order valence-corrected chi connectivity index (χ2v) is 5.48. The van der Waals surface area contributed by atoms with Gasteiger partial charge in [-0.3, -0.25) is 9.45 Å². The minimum absolute atomic E-state index is 0. The summed E-state index contributed by atoms with van der Waals surface area (Å²) in [5.41, 5.74) is 0. The van der Waals surface area contributed by atoms with E-state index in [0.29, 0.717) is 0 Å². The Kier molecular flexibility index (Phi) is 8.47. The van der Waals surface area contributed by atoms with Crippen LogP contribution in [0.1, 0.15) is 6.92 Å². The second kappa shape index (κ2) is 7.77. The van der Waals surface area contributed by atoms with Crippen molar-refractivity contribution in [3.8, 4) is 0 Å². The Morgan fingerprint density at radius 2 is 1.88 bits per heavy atom. The summed E-state index contributed by atoms with van der Waals surface area (Å²) < 4.78 is 30.9. The van der Waals surface area contributed by atoms with Crippen LogP contribution in [0.3, 0.4) is 0 Å². The Morgan fingerprint density at radius 1 is 1.38 bits per heavy atom. The van der Waals surface area contributed by atoms with Crippen LogP contribution in [0.15, 0.2) is 0 Å². The van der Waals surface area contributed by atoms with Gasteiger partial charge < -0.3 is 10.4 Å². The van der Waals surface area contributed by atoms with Crippen molar-refractivity contribution in [1.82, 2.24) is 10.2 Å². The first-order chi connectivity index (χ1) is 6.91. The van der Waals surface area contributed by atoms with Gasteiger partial charge in [-0.1, -0.05) is 0 Å². The topological polar surface area (TPSA) is 89.9 Å². The standard InChI is InChI=1S/C8H18N2O4S.K.H/c1-7(11)8(15(12,13)14)6-10-4-2-9-3-5-10;;/h7-9,11H,2-6H2,1H3,(H,12,13,14);;. The fraction of sp³-hybridized carbons (Fsp3) is 1.00. The summed E-state index contributed by atoms with van der Waals surface area (Å²) in [6, 6.07) is 0. The van der Waals surface area contributed by atoms with Crippen LogP contribution >= 0.6 is 0 Å². The number of piperazine rings is 1. The molecule has 1 saturated heterocycles. The molecule has 0 aromatic rings. The average Bonchev–Trinajstić information content (AvgIpc) is 2.13. The Balaban J connectivity index is 0.00000225. The van der Waals surface area contributed by atoms with E-state index >= 15 is 0 Å². The van der Waals surface area contributed by atoms with Gasteiger partial charge >= 0.3 is 51.4 Å². The molecular weight excluding hydrogens is 259 g/mol. The third kappa shape index (κ3) is 5.85. The molecule has 92 valence electrons. The van der Waals surface area contributed by atoms with Crippen molar-refractivity contribution in [3.05, 3.63) is 0 Å². The van der Waals surface area contributed by atoms with E-state index in [-0.39, 0.29) is 57.9 Å². The predicted molar refractivity (Wildman–Crippen MR) is 63.5 cm³/mol. The van der Waals surface area contributed by atoms with Crippen molar-refractivity contribution in [1.29, 1.82) is 0 Å². The van der Waals surface area contributed by atoms with Gasteiger partial charge in [-0.05, 0) is 6.92 Å². The average molecular weight is 278 g/mol. The monoisotopic (exact) mass is 278 g/mol. The number of nitrogens with one attached hydrogen (secondary N) is 1. The first-order valence-electron chi connectivity index (χ1n) is 4.98. The molecule has 1 heterocycles. The molecule has 0 saturated carbocycles. The molecule has 1 rings (SSSR count). The first-order valence-corrected chi connectivity index (χ1v) is 6.49. The van der Waals surface area contributed by atoms with Gasteiger partial charge in [0.2, 0.25) is 0 Å². The summed E-state index contributed by atoms with van der Waals surface area (Å²) in [5, 5.41) is 11.3. The van der Waals surface area contributed by atoms with E-state index in [2.05, 4.69) is 5.32 Å². The van der Waals surface area contributed by atoms with E-state index < -0.39 is 21.5 Å². The normalized spacial score (nSPS) is 22.2. The molecular formula is C8H19KN2O4S. The zero-order valence-electron chi connectivity index (χ0n) is 8.76. The van der Waals surface area contributed by atoms with Crippen molar-refractivity contribution >= 4 is 61.5 Å². The fourth-order valence-electron chi connectivity index (χ4n) is 1.64. The van der Waals surface area contributed by atoms with E-state index in [9.17, 15) is 13.5 Å². The van der Waals surface area contributed by atoms with Crippen LogP contribution in [0.25, 0.3) is 0 Å². The molecule has 16 heavy (non-hydrogen) atoms. The Morgan fingerprint density at radius 3 is 2.25 bits per heavy atom. The SMILES string of the molecule is CC(O)C(CN1CCNCC1)S(=O)(=O)O.[KH]. The van der Waals surface area contributed by atoms with Crippen LogP contribution in [0, 0.1) is 0 Å². The third-order valence-corrected chi connectivity index (χ3v) is 3.88. The Hall–Kier alpha value is 1.43. The van der Waals surface area contributed by atoms with Gasteiger partial charge in [0.25, 0.3) is 10.1 Å². The molecule has 0 aromatic carbocycles. The molecule has 6 nitrogen and oxygen atoms in total. The maximum atomic E-state index is 11.0. The van der Waals surface area contributed by atoms with Crippen molar-refractivity contribution in [3.63, 3.8) is 0 Å². The van der Waals surface area contributed by atoms with Gasteiger partial charge in [-0.2, -0.15) is 8.42 Å². The van der Waals surface area contributed by atoms with Crippen LogP contribution in [-0.4, -0.2) is 118 Å². The maximum absolute atomic E-state index is 11.0. The Labute approximate surface area is 139 Å². The zero-order chi connectivity index (χ0) is 11.5. The predicted octanol–water partition coefficient (Wildman–Crippen LogP) is -2.12. The van der Waals surface area contributed by atoms with E-state index in [4.69, 9.17) is 4.55 Å². The molecule has 8 heteroatoms. The molecule has 0 aliphatic carbocycles. The van der Waals surface area contributed by atoms with Gasteiger partial charge in [-0.15, -0.1) is 0 Å². The number of aliphatic hydroxyl groups excluding tert-OH is 1. The van der Waals surface area contributed by atoms with Crippen molar-refractivity contribution < 1.29 is 18.1 Å². The molecule has 1 aliphatic heterocycles. The molecule has 0 spiro atoms. The van der Waals surface area contributed by atoms with Crippen molar-refractivity contribution in [2.24, 2.45) is 0 Å². The molecule has 3 N–H and O–H groups in total. The Bertz CT molecular complexity index is 290. The quantitative estimate of drug-likeness (QED) is 0.402. The summed E-state index contributed by atoms with van der Waals surface area (Å²) in [6.45, 7) is 4.63. The molecule has 0 amide bonds. The van der Waals surface area contributed by atoms with Crippen LogP contribution in [0.5, 0.6) is 0 Å². The molecule has 0 radical (unpaired) electrons. The van der Waals surface area contributed by atoms with Gasteiger partial charge in [-0.25, -0.2) is 0 Å². The minimum atomic E-state index is -4.18. The van der Waals surface area contributed by atoms with Crippen molar-refractivity contribution in [2.75, 3.05) is 32.7 Å². The fourth-order valence-corrected chi connectivity index (χ4v) is 2.54. The number of rotatable bonds is 4. The van der Waals surface area contributed by atoms with Crippen LogP contribution in [0.4, 0.5) is 0 Å². The van der Waals surface area contributed by atoms with Gasteiger partial charge in [0.05, 0.1) is 6.10 Å². The summed E-state index contributed by atoms with van der Waals surface area (Å²) in [7, 11) is -4.18. The van der Waals surface area contributed by atoms with E-state index in [1.807, 2.05) is 4.90 Å².